The molecule has 2 aromatic rings. The van der Waals surface area contributed by atoms with E-state index in [4.69, 9.17) is 0 Å². The highest BCUT2D eigenvalue weighted by Crippen LogP contribution is 2.20. The van der Waals surface area contributed by atoms with Crippen LogP contribution in [0.5, 0.6) is 0 Å². The van der Waals surface area contributed by atoms with Gasteiger partial charge in [0.1, 0.15) is 0 Å². The number of amides is 1. The number of aromatic amines is 1. The molecule has 1 aliphatic heterocycles. The van der Waals surface area contributed by atoms with Gasteiger partial charge in [-0.05, 0) is 12.5 Å². The van der Waals surface area contributed by atoms with Gasteiger partial charge in [0.2, 0.25) is 5.91 Å². The molecule has 2 heterocycles. The molecule has 1 aromatic heterocycles. The van der Waals surface area contributed by atoms with Gasteiger partial charge in [-0.2, -0.15) is 5.10 Å². The highest BCUT2D eigenvalue weighted by molar-refractivity contribution is 7.91. The number of nitrogens with one attached hydrogen (secondary N) is 1. The van der Waals surface area contributed by atoms with Crippen molar-refractivity contribution in [3.05, 3.63) is 30.0 Å². The predicted octanol–water partition coefficient (Wildman–Crippen LogP) is 0.751. The summed E-state index contributed by atoms with van der Waals surface area (Å²) in [6, 6.07) is 7.60. The fraction of sp³-hybridized carbons (Fsp3) is 0.429. The van der Waals surface area contributed by atoms with Crippen LogP contribution in [0.1, 0.15) is 12.1 Å². The van der Waals surface area contributed by atoms with E-state index in [9.17, 15) is 13.2 Å². The molecule has 0 bridgehead atoms. The highest BCUT2D eigenvalue weighted by Gasteiger charge is 2.32. The fourth-order valence-electron chi connectivity index (χ4n) is 2.72. The molecule has 1 fully saturated rings. The molecule has 0 aliphatic carbocycles. The lowest BCUT2D eigenvalue weighted by Crippen LogP contribution is -2.32. The monoisotopic (exact) mass is 307 g/mol. The highest BCUT2D eigenvalue weighted by atomic mass is 32.2. The third-order valence-electron chi connectivity index (χ3n) is 3.97. The zero-order chi connectivity index (χ0) is 15.0. The summed E-state index contributed by atoms with van der Waals surface area (Å²) < 4.78 is 23.1. The third kappa shape index (κ3) is 2.78. The van der Waals surface area contributed by atoms with Crippen LogP contribution in [-0.2, 0) is 21.1 Å². The SMILES string of the molecule is CS(=O)(=O)C1CCN(C(=O)Cc2[nH]nc3ccccc23)C1. The molecule has 0 saturated carbocycles. The minimum atomic E-state index is -3.08. The second kappa shape index (κ2) is 5.14. The number of rotatable bonds is 3. The van der Waals surface area contributed by atoms with Crippen molar-refractivity contribution < 1.29 is 13.2 Å². The fourth-order valence-corrected chi connectivity index (χ4v) is 3.70. The van der Waals surface area contributed by atoms with Gasteiger partial charge < -0.3 is 4.90 Å². The van der Waals surface area contributed by atoms with Crippen molar-refractivity contribution in [1.29, 1.82) is 0 Å². The molecule has 21 heavy (non-hydrogen) atoms. The zero-order valence-electron chi connectivity index (χ0n) is 11.7. The van der Waals surface area contributed by atoms with E-state index >= 15 is 0 Å². The van der Waals surface area contributed by atoms with E-state index in [-0.39, 0.29) is 12.3 Å². The van der Waals surface area contributed by atoms with Crippen molar-refractivity contribution in [3.63, 3.8) is 0 Å². The lowest BCUT2D eigenvalue weighted by molar-refractivity contribution is -0.129. The first-order valence-electron chi connectivity index (χ1n) is 6.84. The molecular formula is C14H17N3O3S. The summed E-state index contributed by atoms with van der Waals surface area (Å²) in [6.45, 7) is 0.798. The zero-order valence-corrected chi connectivity index (χ0v) is 12.6. The van der Waals surface area contributed by atoms with E-state index < -0.39 is 15.1 Å². The summed E-state index contributed by atoms with van der Waals surface area (Å²) >= 11 is 0. The van der Waals surface area contributed by atoms with Crippen LogP contribution in [0.2, 0.25) is 0 Å². The van der Waals surface area contributed by atoms with Gasteiger partial charge in [0.15, 0.2) is 9.84 Å². The Morgan fingerprint density at radius 3 is 2.90 bits per heavy atom. The largest absolute Gasteiger partial charge is 0.341 e. The summed E-state index contributed by atoms with van der Waals surface area (Å²) in [4.78, 5) is 13.9. The standard InChI is InChI=1S/C14H17N3O3S/c1-21(19,20)10-6-7-17(9-10)14(18)8-13-11-4-2-3-5-12(11)15-16-13/h2-5,10H,6-9H2,1H3,(H,15,16). The van der Waals surface area contributed by atoms with Crippen LogP contribution in [0.25, 0.3) is 10.9 Å². The van der Waals surface area contributed by atoms with Gasteiger partial charge in [-0.15, -0.1) is 0 Å². The molecule has 3 rings (SSSR count). The van der Waals surface area contributed by atoms with E-state index in [1.165, 1.54) is 6.26 Å². The number of nitrogens with zero attached hydrogens (tertiary/aromatic N) is 2. The smallest absolute Gasteiger partial charge is 0.228 e. The van der Waals surface area contributed by atoms with Crippen LogP contribution in [0.15, 0.2) is 24.3 Å². The molecule has 112 valence electrons. The number of hydrogen-bond donors (Lipinski definition) is 1. The van der Waals surface area contributed by atoms with Crippen molar-refractivity contribution in [3.8, 4) is 0 Å². The molecule has 6 nitrogen and oxygen atoms in total. The molecule has 1 aliphatic rings. The number of H-pyrrole nitrogens is 1. The number of carbonyl (C=O) groups excluding carboxylic acids is 1. The van der Waals surface area contributed by atoms with Gasteiger partial charge in [0.25, 0.3) is 0 Å². The molecule has 1 atom stereocenters. The quantitative estimate of drug-likeness (QED) is 0.907. The average molecular weight is 307 g/mol. The lowest BCUT2D eigenvalue weighted by Gasteiger charge is -2.15. The number of benzene rings is 1. The number of hydrogen-bond acceptors (Lipinski definition) is 4. The van der Waals surface area contributed by atoms with E-state index in [1.807, 2.05) is 24.3 Å². The molecule has 1 aromatic carbocycles. The van der Waals surface area contributed by atoms with Gasteiger partial charge >= 0.3 is 0 Å². The molecule has 0 spiro atoms. The Hall–Kier alpha value is -1.89. The summed E-state index contributed by atoms with van der Waals surface area (Å²) in [7, 11) is -3.08. The van der Waals surface area contributed by atoms with Gasteiger partial charge in [0, 0.05) is 24.7 Å². The average Bonchev–Trinajstić information content (AvgIpc) is 3.05. The Morgan fingerprint density at radius 1 is 1.43 bits per heavy atom. The van der Waals surface area contributed by atoms with Gasteiger partial charge in [0.05, 0.1) is 22.9 Å². The number of sulfone groups is 1. The third-order valence-corrected chi connectivity index (χ3v) is 5.57. The summed E-state index contributed by atoms with van der Waals surface area (Å²) in [5.41, 5.74) is 1.61. The number of likely N-dealkylation sites (tertiary alicyclic amines) is 1. The van der Waals surface area contributed by atoms with Gasteiger partial charge in [-0.1, -0.05) is 18.2 Å². The van der Waals surface area contributed by atoms with Crippen LogP contribution in [0, 0.1) is 0 Å². The Morgan fingerprint density at radius 2 is 2.19 bits per heavy atom. The van der Waals surface area contributed by atoms with Crippen molar-refractivity contribution in [2.75, 3.05) is 19.3 Å². The Bertz CT molecular complexity index is 782. The normalized spacial score (nSPS) is 19.3. The first-order valence-corrected chi connectivity index (χ1v) is 8.79. The summed E-state index contributed by atoms with van der Waals surface area (Å²) in [5, 5.41) is 7.56. The molecule has 1 N–H and O–H groups in total. The van der Waals surface area contributed by atoms with Crippen LogP contribution in [0.3, 0.4) is 0 Å². The molecular weight excluding hydrogens is 290 g/mol. The van der Waals surface area contributed by atoms with Gasteiger partial charge in [-0.3, -0.25) is 9.89 Å². The second-order valence-corrected chi connectivity index (χ2v) is 7.80. The van der Waals surface area contributed by atoms with Crippen molar-refractivity contribution in [2.45, 2.75) is 18.1 Å². The van der Waals surface area contributed by atoms with Crippen LogP contribution in [0.4, 0.5) is 0 Å². The number of carbonyl (C=O) groups is 1. The molecule has 1 unspecified atom stereocenters. The molecule has 1 saturated heterocycles. The summed E-state index contributed by atoms with van der Waals surface area (Å²) in [6.07, 6.45) is 1.97. The first kappa shape index (κ1) is 14.1. The Balaban J connectivity index is 1.73. The van der Waals surface area contributed by atoms with Gasteiger partial charge in [-0.25, -0.2) is 8.42 Å². The maximum atomic E-state index is 12.3. The Labute approximate surface area is 123 Å². The van der Waals surface area contributed by atoms with E-state index in [0.29, 0.717) is 19.5 Å². The minimum Gasteiger partial charge on any atom is -0.341 e. The van der Waals surface area contributed by atoms with E-state index in [0.717, 1.165) is 16.6 Å². The molecule has 7 heteroatoms. The Kier molecular flexibility index (Phi) is 3.44. The van der Waals surface area contributed by atoms with Crippen molar-refractivity contribution >= 4 is 26.6 Å². The lowest BCUT2D eigenvalue weighted by atomic mass is 10.1. The topological polar surface area (TPSA) is 83.1 Å². The summed E-state index contributed by atoms with van der Waals surface area (Å²) in [5.74, 6) is -0.0597. The van der Waals surface area contributed by atoms with Crippen LogP contribution in [-0.4, -0.2) is 54.0 Å². The second-order valence-electron chi connectivity index (χ2n) is 5.48. The van der Waals surface area contributed by atoms with Crippen LogP contribution < -0.4 is 0 Å². The maximum Gasteiger partial charge on any atom is 0.228 e. The number of aromatic nitrogens is 2. The number of para-hydroxylation sites is 1. The van der Waals surface area contributed by atoms with Crippen molar-refractivity contribution in [2.24, 2.45) is 0 Å². The number of fused-ring (bicyclic) bond motifs is 1. The van der Waals surface area contributed by atoms with Crippen molar-refractivity contribution in [1.82, 2.24) is 15.1 Å². The van der Waals surface area contributed by atoms with E-state index in [2.05, 4.69) is 10.2 Å². The first-order chi connectivity index (χ1) is 9.95. The van der Waals surface area contributed by atoms with Crippen LogP contribution >= 0.6 is 0 Å². The molecule has 1 amide bonds. The maximum absolute atomic E-state index is 12.3. The minimum absolute atomic E-state index is 0.0597. The van der Waals surface area contributed by atoms with E-state index in [1.54, 1.807) is 4.90 Å². The molecule has 0 radical (unpaired) electrons. The predicted molar refractivity (Wildman–Crippen MR) is 79.6 cm³/mol.